The summed E-state index contributed by atoms with van der Waals surface area (Å²) in [5.74, 6) is -0.113. The zero-order valence-corrected chi connectivity index (χ0v) is 18.6. The molecular weight excluding hydrogens is 374 g/mol. The Kier molecular flexibility index (Phi) is 10.1. The molecule has 0 saturated heterocycles. The molecule has 0 aliphatic heterocycles. The molecule has 4 nitrogen and oxygen atoms in total. The molecule has 1 amide bonds. The van der Waals surface area contributed by atoms with Gasteiger partial charge < -0.3 is 10.1 Å². The number of rotatable bonds is 12. The van der Waals surface area contributed by atoms with Crippen molar-refractivity contribution >= 4 is 11.9 Å². The second kappa shape index (κ2) is 12.8. The average molecular weight is 410 g/mol. The van der Waals surface area contributed by atoms with Crippen LogP contribution in [0.3, 0.4) is 0 Å². The first-order valence-corrected chi connectivity index (χ1v) is 11.2. The first kappa shape index (κ1) is 23.7. The van der Waals surface area contributed by atoms with Crippen molar-refractivity contribution in [3.05, 3.63) is 59.7 Å². The fourth-order valence-corrected chi connectivity index (χ4v) is 3.41. The molecule has 30 heavy (non-hydrogen) atoms. The van der Waals surface area contributed by atoms with E-state index in [-0.39, 0.29) is 24.4 Å². The Balaban J connectivity index is 2.08. The minimum atomic E-state index is -0.214. The lowest BCUT2D eigenvalue weighted by Crippen LogP contribution is -2.29. The zero-order valence-electron chi connectivity index (χ0n) is 18.6. The van der Waals surface area contributed by atoms with Gasteiger partial charge in [-0.05, 0) is 34.7 Å². The van der Waals surface area contributed by atoms with Gasteiger partial charge in [0.1, 0.15) is 6.61 Å². The number of benzene rings is 2. The van der Waals surface area contributed by atoms with Crippen LogP contribution < -0.4 is 5.32 Å². The Hall–Kier alpha value is -2.62. The van der Waals surface area contributed by atoms with Crippen molar-refractivity contribution in [3.63, 3.8) is 0 Å². The van der Waals surface area contributed by atoms with Crippen LogP contribution >= 0.6 is 0 Å². The Bertz CT molecular complexity index is 801. The molecule has 0 heterocycles. The highest BCUT2D eigenvalue weighted by Crippen LogP contribution is 2.25. The maximum absolute atomic E-state index is 12.6. The molecule has 0 radical (unpaired) electrons. The van der Waals surface area contributed by atoms with Gasteiger partial charge in [-0.25, -0.2) is 0 Å². The second-order valence-corrected chi connectivity index (χ2v) is 7.84. The molecule has 0 fully saturated rings. The van der Waals surface area contributed by atoms with E-state index in [1.54, 1.807) is 6.92 Å². The highest BCUT2D eigenvalue weighted by molar-refractivity contribution is 5.78. The average Bonchev–Trinajstić information content (AvgIpc) is 2.79. The van der Waals surface area contributed by atoms with Crippen molar-refractivity contribution in [1.82, 2.24) is 5.32 Å². The number of nitrogens with one attached hydrogen (secondary N) is 1. The molecule has 0 spiro atoms. The van der Waals surface area contributed by atoms with E-state index in [1.165, 1.54) is 19.3 Å². The molecule has 2 rings (SSSR count). The Labute approximate surface area is 181 Å². The molecular formula is C26H35NO3. The molecule has 0 saturated carbocycles. The molecule has 162 valence electrons. The summed E-state index contributed by atoms with van der Waals surface area (Å²) in [6.45, 7) is 6.68. The highest BCUT2D eigenvalue weighted by Gasteiger charge is 2.14. The number of amides is 1. The molecule has 0 aliphatic rings. The molecule has 1 atom stereocenters. The SMILES string of the molecule is CCCCCCC(C)C(=O)NCc1cc(COC(=O)CC)ccc1-c1ccccc1. The number of hydrogen-bond donors (Lipinski definition) is 1. The van der Waals surface area contributed by atoms with E-state index in [2.05, 4.69) is 24.4 Å². The summed E-state index contributed by atoms with van der Waals surface area (Å²) in [7, 11) is 0. The van der Waals surface area contributed by atoms with E-state index >= 15 is 0 Å². The van der Waals surface area contributed by atoms with E-state index < -0.39 is 0 Å². The number of hydrogen-bond acceptors (Lipinski definition) is 3. The maximum Gasteiger partial charge on any atom is 0.305 e. The van der Waals surface area contributed by atoms with Crippen molar-refractivity contribution in [2.75, 3.05) is 0 Å². The summed E-state index contributed by atoms with van der Waals surface area (Å²) < 4.78 is 5.28. The molecule has 0 aromatic heterocycles. The van der Waals surface area contributed by atoms with Crippen LogP contribution in [0, 0.1) is 5.92 Å². The second-order valence-electron chi connectivity index (χ2n) is 7.84. The first-order chi connectivity index (χ1) is 14.5. The quantitative estimate of drug-likeness (QED) is 0.344. The van der Waals surface area contributed by atoms with Crippen LogP contribution in [0.15, 0.2) is 48.5 Å². The van der Waals surface area contributed by atoms with Gasteiger partial charge in [0, 0.05) is 18.9 Å². The normalized spacial score (nSPS) is 11.7. The number of esters is 1. The lowest BCUT2D eigenvalue weighted by molar-refractivity contribution is -0.144. The molecule has 2 aromatic rings. The van der Waals surface area contributed by atoms with Crippen LogP contribution in [0.25, 0.3) is 11.1 Å². The van der Waals surface area contributed by atoms with Gasteiger partial charge in [0.15, 0.2) is 0 Å². The van der Waals surface area contributed by atoms with Gasteiger partial charge >= 0.3 is 5.97 Å². The van der Waals surface area contributed by atoms with Crippen LogP contribution in [-0.4, -0.2) is 11.9 Å². The van der Waals surface area contributed by atoms with Crippen molar-refractivity contribution in [3.8, 4) is 11.1 Å². The largest absolute Gasteiger partial charge is 0.461 e. The summed E-state index contributed by atoms with van der Waals surface area (Å²) in [5, 5.41) is 3.11. The van der Waals surface area contributed by atoms with Gasteiger partial charge in [-0.2, -0.15) is 0 Å². The molecule has 0 bridgehead atoms. The monoisotopic (exact) mass is 409 g/mol. The Morgan fingerprint density at radius 3 is 2.47 bits per heavy atom. The van der Waals surface area contributed by atoms with Gasteiger partial charge in [-0.1, -0.05) is 88.9 Å². The predicted molar refractivity (Wildman–Crippen MR) is 122 cm³/mol. The van der Waals surface area contributed by atoms with Gasteiger partial charge in [0.2, 0.25) is 5.91 Å². The van der Waals surface area contributed by atoms with Crippen molar-refractivity contribution in [1.29, 1.82) is 0 Å². The molecule has 4 heteroatoms. The van der Waals surface area contributed by atoms with E-state index in [4.69, 9.17) is 4.74 Å². The van der Waals surface area contributed by atoms with Crippen LogP contribution in [0.4, 0.5) is 0 Å². The molecule has 1 unspecified atom stereocenters. The third-order valence-corrected chi connectivity index (χ3v) is 5.33. The minimum Gasteiger partial charge on any atom is -0.461 e. The van der Waals surface area contributed by atoms with E-state index in [1.807, 2.05) is 43.3 Å². The van der Waals surface area contributed by atoms with Crippen LogP contribution in [0.5, 0.6) is 0 Å². The minimum absolute atomic E-state index is 0.00993. The van der Waals surface area contributed by atoms with Gasteiger partial charge in [0.25, 0.3) is 0 Å². The number of ether oxygens (including phenoxy) is 1. The molecule has 2 aromatic carbocycles. The Morgan fingerprint density at radius 2 is 1.77 bits per heavy atom. The van der Waals surface area contributed by atoms with E-state index in [9.17, 15) is 9.59 Å². The van der Waals surface area contributed by atoms with Gasteiger partial charge in [-0.15, -0.1) is 0 Å². The standard InChI is InChI=1S/C26H35NO3/c1-4-6-7-9-12-20(3)26(29)27-18-23-17-21(19-30-25(28)5-2)15-16-24(23)22-13-10-8-11-14-22/h8,10-11,13-17,20H,4-7,9,12,18-19H2,1-3H3,(H,27,29). The topological polar surface area (TPSA) is 55.4 Å². The molecule has 0 aliphatic carbocycles. The number of unbranched alkanes of at least 4 members (excludes halogenated alkanes) is 3. The predicted octanol–water partition coefficient (Wildman–Crippen LogP) is 6.03. The van der Waals surface area contributed by atoms with Crippen LogP contribution in [0.2, 0.25) is 0 Å². The van der Waals surface area contributed by atoms with E-state index in [0.29, 0.717) is 13.0 Å². The van der Waals surface area contributed by atoms with E-state index in [0.717, 1.165) is 35.1 Å². The summed E-state index contributed by atoms with van der Waals surface area (Å²) >= 11 is 0. The zero-order chi connectivity index (χ0) is 21.8. The highest BCUT2D eigenvalue weighted by atomic mass is 16.5. The Morgan fingerprint density at radius 1 is 1.00 bits per heavy atom. The lowest BCUT2D eigenvalue weighted by atomic mass is 9.97. The summed E-state index contributed by atoms with van der Waals surface area (Å²) in [6.07, 6.45) is 5.99. The van der Waals surface area contributed by atoms with Crippen molar-refractivity contribution in [2.24, 2.45) is 5.92 Å². The third-order valence-electron chi connectivity index (χ3n) is 5.33. The smallest absolute Gasteiger partial charge is 0.305 e. The van der Waals surface area contributed by atoms with Crippen molar-refractivity contribution < 1.29 is 14.3 Å². The summed E-state index contributed by atoms with van der Waals surface area (Å²) in [6, 6.07) is 16.2. The van der Waals surface area contributed by atoms with Gasteiger partial charge in [-0.3, -0.25) is 9.59 Å². The summed E-state index contributed by atoms with van der Waals surface area (Å²) in [4.78, 5) is 24.1. The summed E-state index contributed by atoms with van der Waals surface area (Å²) in [5.41, 5.74) is 4.13. The fraction of sp³-hybridized carbons (Fsp3) is 0.462. The van der Waals surface area contributed by atoms with Crippen LogP contribution in [-0.2, 0) is 27.5 Å². The molecule has 1 N–H and O–H groups in total. The maximum atomic E-state index is 12.6. The number of carbonyl (C=O) groups is 2. The van der Waals surface area contributed by atoms with Crippen molar-refractivity contribution in [2.45, 2.75) is 72.4 Å². The number of carbonyl (C=O) groups excluding carboxylic acids is 2. The first-order valence-electron chi connectivity index (χ1n) is 11.2. The van der Waals surface area contributed by atoms with Gasteiger partial charge in [0.05, 0.1) is 0 Å². The van der Waals surface area contributed by atoms with Crippen LogP contribution in [0.1, 0.15) is 70.4 Å². The fourth-order valence-electron chi connectivity index (χ4n) is 3.41. The lowest BCUT2D eigenvalue weighted by Gasteiger charge is -2.16. The third kappa shape index (κ3) is 7.66.